The number of amides is 1. The van der Waals surface area contributed by atoms with Crippen LogP contribution in [0.4, 0.5) is 11.4 Å². The summed E-state index contributed by atoms with van der Waals surface area (Å²) in [6.45, 7) is 2.98. The van der Waals surface area contributed by atoms with Gasteiger partial charge in [0.25, 0.3) is 0 Å². The van der Waals surface area contributed by atoms with E-state index in [2.05, 4.69) is 16.3 Å². The van der Waals surface area contributed by atoms with E-state index in [-0.39, 0.29) is 11.8 Å². The van der Waals surface area contributed by atoms with E-state index in [1.54, 1.807) is 0 Å². The number of hydrogen-bond acceptors (Lipinski definition) is 4. The number of benzene rings is 1. The van der Waals surface area contributed by atoms with Crippen LogP contribution < -0.4 is 10.2 Å². The number of hydrogen-bond donors (Lipinski definition) is 1. The molecule has 2 fully saturated rings. The minimum absolute atomic E-state index is 0.0123. The smallest absolute Gasteiger partial charge is 0.227 e. The van der Waals surface area contributed by atoms with Crippen LogP contribution in [0.25, 0.3) is 0 Å². The molecule has 3 rings (SSSR count). The van der Waals surface area contributed by atoms with E-state index in [1.807, 2.05) is 18.2 Å². The molecule has 0 saturated carbocycles. The predicted octanol–water partition coefficient (Wildman–Crippen LogP) is 1.90. The Morgan fingerprint density at radius 1 is 1.12 bits per heavy atom. The van der Waals surface area contributed by atoms with E-state index in [4.69, 9.17) is 0 Å². The van der Waals surface area contributed by atoms with E-state index < -0.39 is 10.0 Å². The highest BCUT2D eigenvalue weighted by Crippen LogP contribution is 2.25. The SMILES string of the molecule is CS(=O)(=O)N1CCC(C(=O)Nc2cccc(N3CCCC3)c2)CC1. The van der Waals surface area contributed by atoms with Crippen LogP contribution in [0.2, 0.25) is 0 Å². The van der Waals surface area contributed by atoms with E-state index in [9.17, 15) is 13.2 Å². The summed E-state index contributed by atoms with van der Waals surface area (Å²) in [7, 11) is -3.15. The molecule has 0 radical (unpaired) electrons. The van der Waals surface area contributed by atoms with Gasteiger partial charge in [0.1, 0.15) is 0 Å². The Bertz CT molecular complexity index is 691. The first kappa shape index (κ1) is 17.2. The van der Waals surface area contributed by atoms with Crippen molar-refractivity contribution in [3.8, 4) is 0 Å². The third kappa shape index (κ3) is 4.08. The lowest BCUT2D eigenvalue weighted by molar-refractivity contribution is -0.120. The summed E-state index contributed by atoms with van der Waals surface area (Å²) in [6, 6.07) is 7.97. The maximum absolute atomic E-state index is 12.5. The standard InChI is InChI=1S/C17H25N3O3S/c1-24(22,23)20-11-7-14(8-12-20)17(21)18-15-5-4-6-16(13-15)19-9-2-3-10-19/h4-6,13-14H,2-3,7-12H2,1H3,(H,18,21). The first-order valence-corrected chi connectivity index (χ1v) is 10.4. The van der Waals surface area contributed by atoms with Gasteiger partial charge >= 0.3 is 0 Å². The predicted molar refractivity (Wildman–Crippen MR) is 95.7 cm³/mol. The van der Waals surface area contributed by atoms with Crippen molar-refractivity contribution in [1.29, 1.82) is 0 Å². The molecule has 0 spiro atoms. The second kappa shape index (κ2) is 7.11. The van der Waals surface area contributed by atoms with Gasteiger partial charge in [0.05, 0.1) is 6.26 Å². The summed E-state index contributed by atoms with van der Waals surface area (Å²) in [5, 5.41) is 3.00. The summed E-state index contributed by atoms with van der Waals surface area (Å²) in [5.74, 6) is -0.139. The summed E-state index contributed by atoms with van der Waals surface area (Å²) < 4.78 is 24.5. The molecule has 1 aromatic carbocycles. The van der Waals surface area contributed by atoms with E-state index in [1.165, 1.54) is 23.4 Å². The molecule has 0 aliphatic carbocycles. The minimum atomic E-state index is -3.15. The average molecular weight is 351 g/mol. The quantitative estimate of drug-likeness (QED) is 0.899. The molecular formula is C17H25N3O3S. The van der Waals surface area contributed by atoms with Crippen LogP contribution in [0, 0.1) is 5.92 Å². The van der Waals surface area contributed by atoms with Gasteiger partial charge in [0.15, 0.2) is 0 Å². The highest BCUT2D eigenvalue weighted by atomic mass is 32.2. The fourth-order valence-corrected chi connectivity index (χ4v) is 4.32. The molecule has 2 aliphatic heterocycles. The van der Waals surface area contributed by atoms with Crippen LogP contribution in [0.5, 0.6) is 0 Å². The van der Waals surface area contributed by atoms with Gasteiger partial charge < -0.3 is 10.2 Å². The zero-order valence-electron chi connectivity index (χ0n) is 14.1. The van der Waals surface area contributed by atoms with Crippen molar-refractivity contribution in [2.45, 2.75) is 25.7 Å². The van der Waals surface area contributed by atoms with Crippen molar-refractivity contribution in [3.05, 3.63) is 24.3 Å². The topological polar surface area (TPSA) is 69.7 Å². The number of rotatable bonds is 4. The minimum Gasteiger partial charge on any atom is -0.371 e. The van der Waals surface area contributed by atoms with Crippen LogP contribution in [0.15, 0.2) is 24.3 Å². The Hall–Kier alpha value is -1.60. The van der Waals surface area contributed by atoms with Gasteiger partial charge in [-0.1, -0.05) is 6.07 Å². The molecule has 1 aromatic rings. The summed E-state index contributed by atoms with van der Waals surface area (Å²) in [5.41, 5.74) is 1.96. The largest absolute Gasteiger partial charge is 0.371 e. The first-order chi connectivity index (χ1) is 11.4. The molecule has 0 aromatic heterocycles. The number of anilines is 2. The molecule has 6 nitrogen and oxygen atoms in total. The third-order valence-corrected chi connectivity index (χ3v) is 6.18. The Balaban J connectivity index is 1.58. The Labute approximate surface area is 143 Å². The van der Waals surface area contributed by atoms with Gasteiger partial charge in [-0.05, 0) is 43.9 Å². The summed E-state index contributed by atoms with van der Waals surface area (Å²) in [4.78, 5) is 14.8. The van der Waals surface area contributed by atoms with Gasteiger partial charge in [-0.15, -0.1) is 0 Å². The van der Waals surface area contributed by atoms with Gasteiger partial charge in [0.2, 0.25) is 15.9 Å². The van der Waals surface area contributed by atoms with Crippen molar-refractivity contribution in [1.82, 2.24) is 4.31 Å². The third-order valence-electron chi connectivity index (χ3n) is 4.88. The molecule has 2 saturated heterocycles. The number of nitrogens with zero attached hydrogens (tertiary/aromatic N) is 2. The second-order valence-electron chi connectivity index (χ2n) is 6.67. The lowest BCUT2D eigenvalue weighted by atomic mass is 9.97. The molecule has 24 heavy (non-hydrogen) atoms. The maximum atomic E-state index is 12.5. The van der Waals surface area contributed by atoms with Crippen molar-refractivity contribution in [2.24, 2.45) is 5.92 Å². The number of nitrogens with one attached hydrogen (secondary N) is 1. The number of carbonyl (C=O) groups excluding carboxylic acids is 1. The molecular weight excluding hydrogens is 326 g/mol. The lowest BCUT2D eigenvalue weighted by Crippen LogP contribution is -2.40. The van der Waals surface area contributed by atoms with Crippen molar-refractivity contribution in [3.63, 3.8) is 0 Å². The molecule has 2 heterocycles. The van der Waals surface area contributed by atoms with E-state index >= 15 is 0 Å². The highest BCUT2D eigenvalue weighted by molar-refractivity contribution is 7.88. The number of carbonyl (C=O) groups is 1. The molecule has 0 bridgehead atoms. The second-order valence-corrected chi connectivity index (χ2v) is 8.65. The van der Waals surface area contributed by atoms with Crippen molar-refractivity contribution in [2.75, 3.05) is 42.7 Å². The van der Waals surface area contributed by atoms with Crippen LogP contribution >= 0.6 is 0 Å². The fraction of sp³-hybridized carbons (Fsp3) is 0.588. The summed E-state index contributed by atoms with van der Waals surface area (Å²) >= 11 is 0. The Morgan fingerprint density at radius 3 is 2.42 bits per heavy atom. The van der Waals surface area contributed by atoms with Crippen LogP contribution in [-0.4, -0.2) is 51.1 Å². The zero-order chi connectivity index (χ0) is 17.2. The number of piperidine rings is 1. The molecule has 0 unspecified atom stereocenters. The molecule has 1 N–H and O–H groups in total. The molecule has 2 aliphatic rings. The van der Waals surface area contributed by atoms with Gasteiger partial charge in [0, 0.05) is 43.5 Å². The van der Waals surface area contributed by atoms with E-state index in [0.717, 1.165) is 24.5 Å². The monoisotopic (exact) mass is 351 g/mol. The highest BCUT2D eigenvalue weighted by Gasteiger charge is 2.29. The van der Waals surface area contributed by atoms with Crippen LogP contribution in [0.1, 0.15) is 25.7 Å². The van der Waals surface area contributed by atoms with Crippen LogP contribution in [0.3, 0.4) is 0 Å². The zero-order valence-corrected chi connectivity index (χ0v) is 14.9. The fourth-order valence-electron chi connectivity index (χ4n) is 3.45. The van der Waals surface area contributed by atoms with Crippen molar-refractivity contribution >= 4 is 27.3 Å². The molecule has 132 valence electrons. The van der Waals surface area contributed by atoms with Gasteiger partial charge in [-0.25, -0.2) is 12.7 Å². The van der Waals surface area contributed by atoms with E-state index in [0.29, 0.717) is 25.9 Å². The number of sulfonamides is 1. The lowest BCUT2D eigenvalue weighted by Gasteiger charge is -2.29. The Kier molecular flexibility index (Phi) is 5.10. The van der Waals surface area contributed by atoms with Crippen LogP contribution in [-0.2, 0) is 14.8 Å². The van der Waals surface area contributed by atoms with Crippen molar-refractivity contribution < 1.29 is 13.2 Å². The first-order valence-electron chi connectivity index (χ1n) is 8.54. The molecule has 1 amide bonds. The van der Waals surface area contributed by atoms with Gasteiger partial charge in [-0.2, -0.15) is 0 Å². The average Bonchev–Trinajstić information content (AvgIpc) is 3.09. The Morgan fingerprint density at radius 2 is 1.79 bits per heavy atom. The molecule has 0 atom stereocenters. The normalized spacial score (nSPS) is 20.3. The van der Waals surface area contributed by atoms with Gasteiger partial charge in [-0.3, -0.25) is 4.79 Å². The summed E-state index contributed by atoms with van der Waals surface area (Å²) in [6.07, 6.45) is 4.80. The maximum Gasteiger partial charge on any atom is 0.227 e. The molecule has 7 heteroatoms.